The third-order valence-corrected chi connectivity index (χ3v) is 3.38. The minimum atomic E-state index is -4.32. The Hall–Kier alpha value is -1.89. The van der Waals surface area contributed by atoms with Crippen molar-refractivity contribution in [1.82, 2.24) is 14.8 Å². The average Bonchev–Trinajstić information content (AvgIpc) is 3.23. The van der Waals surface area contributed by atoms with Crippen molar-refractivity contribution in [2.24, 2.45) is 0 Å². The smallest absolute Gasteiger partial charge is 0.369 e. The maximum atomic E-state index is 12.6. The number of rotatable bonds is 6. The highest BCUT2D eigenvalue weighted by Gasteiger charge is 2.33. The van der Waals surface area contributed by atoms with Crippen LogP contribution in [0, 0.1) is 0 Å². The Bertz CT molecular complexity index is 621. The fourth-order valence-corrected chi connectivity index (χ4v) is 2.15. The van der Waals surface area contributed by atoms with Crippen LogP contribution in [0.1, 0.15) is 36.0 Å². The van der Waals surface area contributed by atoms with Crippen molar-refractivity contribution in [3.8, 4) is 0 Å². The first-order valence-electron chi connectivity index (χ1n) is 7.13. The lowest BCUT2D eigenvalue weighted by Crippen LogP contribution is -2.21. The highest BCUT2D eigenvalue weighted by molar-refractivity contribution is 5.13. The molecule has 1 aliphatic carbocycles. The summed E-state index contributed by atoms with van der Waals surface area (Å²) in [7, 11) is 0. The maximum Gasteiger partial charge on any atom is 0.408 e. The third kappa shape index (κ3) is 4.07. The molecule has 0 spiro atoms. The van der Waals surface area contributed by atoms with Gasteiger partial charge < -0.3 is 4.74 Å². The van der Waals surface area contributed by atoms with E-state index in [1.165, 1.54) is 0 Å². The van der Waals surface area contributed by atoms with Crippen molar-refractivity contribution < 1.29 is 17.9 Å². The second-order valence-corrected chi connectivity index (χ2v) is 5.41. The lowest BCUT2D eigenvalue weighted by atomic mass is 10.2. The first-order chi connectivity index (χ1) is 10.5. The Labute approximate surface area is 125 Å². The number of aromatic nitrogens is 3. The molecule has 0 N–H and O–H groups in total. The van der Waals surface area contributed by atoms with Gasteiger partial charge in [-0.15, -0.1) is 0 Å². The van der Waals surface area contributed by atoms with Gasteiger partial charge in [-0.05, 0) is 18.4 Å². The van der Waals surface area contributed by atoms with Crippen LogP contribution in [0.5, 0.6) is 0 Å². The summed E-state index contributed by atoms with van der Waals surface area (Å²) in [5.41, 5.74) is 0.965. The van der Waals surface area contributed by atoms with Crippen LogP contribution in [0.15, 0.2) is 30.3 Å². The summed E-state index contributed by atoms with van der Waals surface area (Å²) in [5, 5.41) is 3.99. The number of ether oxygens (including phenoxy) is 1. The van der Waals surface area contributed by atoms with Crippen molar-refractivity contribution in [2.75, 3.05) is 0 Å². The van der Waals surface area contributed by atoms with Crippen LogP contribution in [0.3, 0.4) is 0 Å². The maximum absolute atomic E-state index is 12.6. The second kappa shape index (κ2) is 6.08. The van der Waals surface area contributed by atoms with Crippen LogP contribution in [0.2, 0.25) is 0 Å². The molecule has 1 saturated carbocycles. The molecule has 1 aromatic heterocycles. The molecule has 0 atom stereocenters. The van der Waals surface area contributed by atoms with Gasteiger partial charge in [-0.3, -0.25) is 0 Å². The monoisotopic (exact) mass is 311 g/mol. The number of nitrogens with zero attached hydrogens (tertiary/aromatic N) is 3. The minimum absolute atomic E-state index is 0.0185. The van der Waals surface area contributed by atoms with E-state index >= 15 is 0 Å². The number of benzene rings is 1. The molecule has 1 fully saturated rings. The molecule has 3 rings (SSSR count). The van der Waals surface area contributed by atoms with Gasteiger partial charge >= 0.3 is 6.18 Å². The van der Waals surface area contributed by atoms with Crippen LogP contribution in [-0.2, 0) is 24.5 Å². The zero-order chi connectivity index (χ0) is 15.6. The molecule has 7 heteroatoms. The molecule has 1 aromatic carbocycles. The zero-order valence-electron chi connectivity index (χ0n) is 11.9. The minimum Gasteiger partial charge on any atom is -0.369 e. The Kier molecular flexibility index (Phi) is 4.15. The van der Waals surface area contributed by atoms with E-state index in [1.807, 2.05) is 30.3 Å². The van der Waals surface area contributed by atoms with Gasteiger partial charge in [0.15, 0.2) is 11.6 Å². The fraction of sp³-hybridized carbons (Fsp3) is 0.467. The first kappa shape index (κ1) is 15.0. The van der Waals surface area contributed by atoms with Gasteiger partial charge in [-0.25, -0.2) is 9.67 Å². The van der Waals surface area contributed by atoms with E-state index < -0.39 is 12.7 Å². The molecule has 0 bridgehead atoms. The van der Waals surface area contributed by atoms with E-state index in [1.54, 1.807) is 0 Å². The number of hydrogen-bond donors (Lipinski definition) is 0. The Balaban J connectivity index is 1.65. The number of hydrogen-bond acceptors (Lipinski definition) is 3. The molecule has 4 nitrogen and oxygen atoms in total. The van der Waals surface area contributed by atoms with Gasteiger partial charge in [-0.2, -0.15) is 18.3 Å². The molecular formula is C15H16F3N3O. The predicted molar refractivity (Wildman–Crippen MR) is 73.0 cm³/mol. The quantitative estimate of drug-likeness (QED) is 0.820. The summed E-state index contributed by atoms with van der Waals surface area (Å²) < 4.78 is 44.2. The predicted octanol–water partition coefficient (Wildman–Crippen LogP) is 3.43. The van der Waals surface area contributed by atoms with E-state index in [4.69, 9.17) is 4.74 Å². The van der Waals surface area contributed by atoms with Crippen LogP contribution < -0.4 is 0 Å². The fourth-order valence-electron chi connectivity index (χ4n) is 2.15. The van der Waals surface area contributed by atoms with E-state index in [0.29, 0.717) is 12.4 Å². The number of halogens is 3. The molecule has 0 radical (unpaired) electrons. The third-order valence-electron chi connectivity index (χ3n) is 3.38. The summed E-state index contributed by atoms with van der Waals surface area (Å²) in [6.07, 6.45) is -2.43. The summed E-state index contributed by atoms with van der Waals surface area (Å²) in [5.74, 6) is 0.945. The van der Waals surface area contributed by atoms with Crippen LogP contribution in [0.25, 0.3) is 0 Å². The van der Waals surface area contributed by atoms with Gasteiger partial charge in [0.2, 0.25) is 0 Å². The zero-order valence-corrected chi connectivity index (χ0v) is 11.9. The Morgan fingerprint density at radius 2 is 1.86 bits per heavy atom. The van der Waals surface area contributed by atoms with Crippen LogP contribution in [-0.4, -0.2) is 20.9 Å². The molecule has 1 aliphatic rings. The standard InChI is InChI=1S/C15H16F3N3O/c16-15(17,18)10-21-13(19-14(20-21)12-6-7-12)9-22-8-11-4-2-1-3-5-11/h1-5,12H,6-10H2. The summed E-state index contributed by atoms with van der Waals surface area (Å²) >= 11 is 0. The van der Waals surface area contributed by atoms with Gasteiger partial charge in [-0.1, -0.05) is 30.3 Å². The van der Waals surface area contributed by atoms with E-state index in [2.05, 4.69) is 10.1 Å². The Morgan fingerprint density at radius 1 is 1.14 bits per heavy atom. The van der Waals surface area contributed by atoms with Crippen LogP contribution >= 0.6 is 0 Å². The number of alkyl halides is 3. The molecule has 0 aliphatic heterocycles. The highest BCUT2D eigenvalue weighted by Crippen LogP contribution is 2.38. The van der Waals surface area contributed by atoms with Crippen molar-refractivity contribution in [3.63, 3.8) is 0 Å². The summed E-state index contributed by atoms with van der Waals surface area (Å²) in [6.45, 7) is -0.778. The molecule has 0 saturated heterocycles. The topological polar surface area (TPSA) is 39.9 Å². The molecule has 118 valence electrons. The van der Waals surface area contributed by atoms with Gasteiger partial charge in [0.25, 0.3) is 0 Å². The lowest BCUT2D eigenvalue weighted by Gasteiger charge is -2.09. The largest absolute Gasteiger partial charge is 0.408 e. The molecular weight excluding hydrogens is 295 g/mol. The molecule has 22 heavy (non-hydrogen) atoms. The summed E-state index contributed by atoms with van der Waals surface area (Å²) in [6, 6.07) is 9.46. The first-order valence-corrected chi connectivity index (χ1v) is 7.13. The van der Waals surface area contributed by atoms with E-state index in [-0.39, 0.29) is 18.3 Å². The highest BCUT2D eigenvalue weighted by atomic mass is 19.4. The van der Waals surface area contributed by atoms with E-state index in [9.17, 15) is 13.2 Å². The average molecular weight is 311 g/mol. The molecule has 0 unspecified atom stereocenters. The normalized spacial score (nSPS) is 15.2. The molecule has 0 amide bonds. The Morgan fingerprint density at radius 3 is 2.50 bits per heavy atom. The van der Waals surface area contributed by atoms with Gasteiger partial charge in [0.1, 0.15) is 13.2 Å². The van der Waals surface area contributed by atoms with E-state index in [0.717, 1.165) is 23.1 Å². The van der Waals surface area contributed by atoms with Gasteiger partial charge in [0, 0.05) is 5.92 Å². The lowest BCUT2D eigenvalue weighted by molar-refractivity contribution is -0.143. The van der Waals surface area contributed by atoms with Gasteiger partial charge in [0.05, 0.1) is 6.61 Å². The summed E-state index contributed by atoms with van der Waals surface area (Å²) in [4.78, 5) is 4.21. The second-order valence-electron chi connectivity index (χ2n) is 5.41. The SMILES string of the molecule is FC(F)(F)Cn1nc(C2CC2)nc1COCc1ccccc1. The van der Waals surface area contributed by atoms with Crippen molar-refractivity contribution in [3.05, 3.63) is 47.5 Å². The van der Waals surface area contributed by atoms with Crippen LogP contribution in [0.4, 0.5) is 13.2 Å². The van der Waals surface area contributed by atoms with Crippen molar-refractivity contribution >= 4 is 0 Å². The van der Waals surface area contributed by atoms with Crippen molar-refractivity contribution in [1.29, 1.82) is 0 Å². The van der Waals surface area contributed by atoms with Crippen molar-refractivity contribution in [2.45, 2.75) is 44.7 Å². The molecule has 2 aromatic rings. The molecule has 1 heterocycles.